The second-order valence-electron chi connectivity index (χ2n) is 8.73. The van der Waals surface area contributed by atoms with Crippen molar-refractivity contribution in [2.75, 3.05) is 11.5 Å². The minimum atomic E-state index is -5.88. The van der Waals surface area contributed by atoms with Crippen LogP contribution < -0.4 is 20.9 Å². The second-order valence-corrected chi connectivity index (χ2v) is 8.73. The Bertz CT molecular complexity index is 1530. The minimum Gasteiger partial charge on any atom is -0.455 e. The molecule has 0 atom stereocenters. The van der Waals surface area contributed by atoms with Crippen molar-refractivity contribution in [1.29, 1.82) is 10.5 Å². The molecular weight excluding hydrogens is 550 g/mol. The normalized spacial score (nSPS) is 11.8. The number of nitrogens with two attached hydrogens (primary N) is 2. The third-order valence-electron chi connectivity index (χ3n) is 6.16. The highest BCUT2D eigenvalue weighted by Gasteiger charge is 2.72. The molecule has 0 saturated carbocycles. The quantitative estimate of drug-likeness (QED) is 0.183. The van der Waals surface area contributed by atoms with Crippen molar-refractivity contribution in [1.82, 2.24) is 0 Å². The summed E-state index contributed by atoms with van der Waals surface area (Å²) in [5.41, 5.74) is 4.47. The van der Waals surface area contributed by atoms with Gasteiger partial charge in [0.1, 0.15) is 23.0 Å². The predicted octanol–water partition coefficient (Wildman–Crippen LogP) is 7.59. The van der Waals surface area contributed by atoms with Crippen LogP contribution in [0.15, 0.2) is 84.9 Å². The van der Waals surface area contributed by atoms with E-state index in [1.165, 1.54) is 48.5 Å². The predicted molar refractivity (Wildman–Crippen MR) is 137 cm³/mol. The smallest absolute Gasteiger partial charge is 0.411 e. The molecule has 0 aliphatic carbocycles. The number of halogens is 6. The van der Waals surface area contributed by atoms with E-state index in [1.807, 2.05) is 12.1 Å². The molecule has 41 heavy (non-hydrogen) atoms. The van der Waals surface area contributed by atoms with Gasteiger partial charge in [0.15, 0.2) is 0 Å². The van der Waals surface area contributed by atoms with Crippen molar-refractivity contribution in [3.05, 3.63) is 107 Å². The van der Waals surface area contributed by atoms with E-state index in [4.69, 9.17) is 31.5 Å². The molecule has 4 aromatic carbocycles. The number of ether oxygens (including phenoxy) is 2. The number of nitrogens with zero attached hydrogens (tertiary/aromatic N) is 2. The highest BCUT2D eigenvalue weighted by molar-refractivity contribution is 5.63. The van der Waals surface area contributed by atoms with Gasteiger partial charge in [-0.15, -0.1) is 0 Å². The monoisotopic (exact) mass is 568 g/mol. The van der Waals surface area contributed by atoms with E-state index in [1.54, 1.807) is 0 Å². The van der Waals surface area contributed by atoms with Crippen molar-refractivity contribution in [2.24, 2.45) is 0 Å². The topological polar surface area (TPSA) is 118 Å². The van der Waals surface area contributed by atoms with Crippen molar-refractivity contribution in [3.8, 4) is 35.1 Å². The molecule has 0 bridgehead atoms. The van der Waals surface area contributed by atoms with E-state index in [0.717, 1.165) is 12.1 Å². The van der Waals surface area contributed by atoms with E-state index in [-0.39, 0.29) is 23.0 Å². The summed E-state index contributed by atoms with van der Waals surface area (Å²) in [5.74, 6) is -0.0660. The molecule has 0 heterocycles. The van der Waals surface area contributed by atoms with Crippen LogP contribution in [-0.4, -0.2) is 12.4 Å². The highest BCUT2D eigenvalue weighted by Crippen LogP contribution is 2.57. The number of nitriles is 2. The van der Waals surface area contributed by atoms with Crippen molar-refractivity contribution >= 4 is 11.4 Å². The maximum Gasteiger partial charge on any atom is 0.411 e. The van der Waals surface area contributed by atoms with E-state index in [0.29, 0.717) is 35.4 Å². The first-order valence-corrected chi connectivity index (χ1v) is 11.6. The van der Waals surface area contributed by atoms with Gasteiger partial charge in [0, 0.05) is 0 Å². The van der Waals surface area contributed by atoms with E-state index >= 15 is 0 Å². The Morgan fingerprint density at radius 1 is 0.537 bits per heavy atom. The summed E-state index contributed by atoms with van der Waals surface area (Å²) in [6, 6.07) is 19.2. The van der Waals surface area contributed by atoms with Gasteiger partial charge in [0.2, 0.25) is 5.41 Å². The minimum absolute atomic E-state index is 0.159. The Kier molecular flexibility index (Phi) is 7.45. The summed E-state index contributed by atoms with van der Waals surface area (Å²) >= 11 is 0. The molecule has 208 valence electrons. The first-order valence-electron chi connectivity index (χ1n) is 11.6. The van der Waals surface area contributed by atoms with Crippen molar-refractivity contribution in [3.63, 3.8) is 0 Å². The third-order valence-corrected chi connectivity index (χ3v) is 6.16. The summed E-state index contributed by atoms with van der Waals surface area (Å²) in [6.45, 7) is 0. The molecular formula is C29H18F6N4O2. The van der Waals surface area contributed by atoms with Gasteiger partial charge in [0.05, 0.1) is 34.6 Å². The van der Waals surface area contributed by atoms with Crippen LogP contribution in [0.5, 0.6) is 23.0 Å². The molecule has 0 unspecified atom stereocenters. The summed E-state index contributed by atoms with van der Waals surface area (Å²) in [5, 5.41) is 17.8. The van der Waals surface area contributed by atoms with Crippen LogP contribution in [0.25, 0.3) is 0 Å². The van der Waals surface area contributed by atoms with E-state index in [2.05, 4.69) is 0 Å². The fourth-order valence-corrected chi connectivity index (χ4v) is 4.18. The molecule has 0 aliphatic heterocycles. The molecule has 0 spiro atoms. The van der Waals surface area contributed by atoms with Gasteiger partial charge in [-0.1, -0.05) is 12.1 Å². The molecule has 0 fully saturated rings. The van der Waals surface area contributed by atoms with Gasteiger partial charge in [0.25, 0.3) is 0 Å². The zero-order chi connectivity index (χ0) is 30.0. The van der Waals surface area contributed by atoms with Crippen LogP contribution in [0.1, 0.15) is 22.3 Å². The first-order chi connectivity index (χ1) is 19.3. The lowest BCUT2D eigenvalue weighted by molar-refractivity contribution is -0.288. The van der Waals surface area contributed by atoms with E-state index < -0.39 is 40.3 Å². The molecule has 0 aliphatic rings. The van der Waals surface area contributed by atoms with Gasteiger partial charge >= 0.3 is 12.4 Å². The van der Waals surface area contributed by atoms with Crippen molar-refractivity contribution < 1.29 is 35.8 Å². The number of benzene rings is 4. The van der Waals surface area contributed by atoms with Crippen LogP contribution in [0.2, 0.25) is 0 Å². The SMILES string of the molecule is N#Cc1ccc(Oc2ccc(C(c3ccc(Oc4ccc(C#N)cc4)c(N)c3)(C(F)(F)F)C(F)(F)F)cc2N)cc1. The number of anilines is 2. The summed E-state index contributed by atoms with van der Waals surface area (Å²) in [6.07, 6.45) is -11.8. The summed E-state index contributed by atoms with van der Waals surface area (Å²) in [4.78, 5) is 0. The zero-order valence-electron chi connectivity index (χ0n) is 20.7. The lowest BCUT2D eigenvalue weighted by Gasteiger charge is -2.38. The molecule has 0 saturated heterocycles. The molecule has 0 radical (unpaired) electrons. The Balaban J connectivity index is 1.78. The number of alkyl halides is 6. The molecule has 12 heteroatoms. The summed E-state index contributed by atoms with van der Waals surface area (Å²) < 4.78 is 98.8. The average Bonchev–Trinajstić information content (AvgIpc) is 2.91. The number of rotatable bonds is 6. The first kappa shape index (κ1) is 28.6. The third kappa shape index (κ3) is 5.40. The largest absolute Gasteiger partial charge is 0.455 e. The van der Waals surface area contributed by atoms with Crippen LogP contribution in [-0.2, 0) is 5.41 Å². The molecule has 4 N–H and O–H groups in total. The number of hydrogen-bond donors (Lipinski definition) is 2. The van der Waals surface area contributed by atoms with Gasteiger partial charge in [-0.3, -0.25) is 0 Å². The van der Waals surface area contributed by atoms with Crippen molar-refractivity contribution in [2.45, 2.75) is 17.8 Å². The van der Waals surface area contributed by atoms with Gasteiger partial charge < -0.3 is 20.9 Å². The molecule has 0 amide bonds. The second kappa shape index (κ2) is 10.7. The maximum atomic E-state index is 14.6. The Hall–Kier alpha value is -5.36. The number of nitrogen functional groups attached to an aromatic ring is 2. The zero-order valence-corrected chi connectivity index (χ0v) is 20.7. The average molecular weight is 568 g/mol. The molecule has 4 aromatic rings. The summed E-state index contributed by atoms with van der Waals surface area (Å²) in [7, 11) is 0. The van der Waals surface area contributed by atoms with Gasteiger partial charge in [-0.25, -0.2) is 0 Å². The molecule has 4 rings (SSSR count). The van der Waals surface area contributed by atoms with Crippen LogP contribution in [0.4, 0.5) is 37.7 Å². The van der Waals surface area contributed by atoms with E-state index in [9.17, 15) is 26.3 Å². The standard InChI is InChI=1S/C29H18F6N4O2/c30-28(31,32)27(29(33,34)35,19-5-11-25(23(38)13-19)40-21-7-1-17(15-36)2-8-21)20-6-12-26(24(39)14-20)41-22-9-3-18(16-37)4-10-22/h1-14H,38-39H2. The van der Waals surface area contributed by atoms with Crippen LogP contribution in [0, 0.1) is 22.7 Å². The molecule has 6 nitrogen and oxygen atoms in total. The fraction of sp³-hybridized carbons (Fsp3) is 0.103. The Morgan fingerprint density at radius 3 is 1.15 bits per heavy atom. The van der Waals surface area contributed by atoms with Crippen LogP contribution in [0.3, 0.4) is 0 Å². The Labute approximate surface area is 229 Å². The maximum absolute atomic E-state index is 14.6. The van der Waals surface area contributed by atoms with Gasteiger partial charge in [-0.2, -0.15) is 36.9 Å². The van der Waals surface area contributed by atoms with Gasteiger partial charge in [-0.05, 0) is 83.9 Å². The fourth-order valence-electron chi connectivity index (χ4n) is 4.18. The lowest BCUT2D eigenvalue weighted by Crippen LogP contribution is -2.54. The molecule has 0 aromatic heterocycles. The Morgan fingerprint density at radius 2 is 0.878 bits per heavy atom. The lowest BCUT2D eigenvalue weighted by atomic mass is 9.72. The number of hydrogen-bond acceptors (Lipinski definition) is 6. The highest BCUT2D eigenvalue weighted by atomic mass is 19.4. The van der Waals surface area contributed by atoms with Crippen LogP contribution >= 0.6 is 0 Å².